The van der Waals surface area contributed by atoms with Crippen LogP contribution in [0.3, 0.4) is 0 Å². The number of nitroso groups, excluding NO2 is 1. The van der Waals surface area contributed by atoms with Crippen molar-refractivity contribution >= 4 is 11.8 Å². The number of fused-ring (bicyclic) bond motifs is 1. The van der Waals surface area contributed by atoms with Gasteiger partial charge in [-0.3, -0.25) is 0 Å². The summed E-state index contributed by atoms with van der Waals surface area (Å²) in [6, 6.07) is 19.6. The van der Waals surface area contributed by atoms with Crippen molar-refractivity contribution in [3.63, 3.8) is 0 Å². The van der Waals surface area contributed by atoms with Crippen molar-refractivity contribution in [2.24, 2.45) is 5.18 Å². The Balaban J connectivity index is 1.17. The summed E-state index contributed by atoms with van der Waals surface area (Å²) in [4.78, 5) is 44.5. The normalized spacial score (nSPS) is 21.2. The van der Waals surface area contributed by atoms with Crippen LogP contribution in [0.15, 0.2) is 71.9 Å². The van der Waals surface area contributed by atoms with Gasteiger partial charge in [0.15, 0.2) is 0 Å². The lowest BCUT2D eigenvalue weighted by molar-refractivity contribution is -0.763. The topological polar surface area (TPSA) is 164 Å². The largest absolute Gasteiger partial charge is 0.490 e. The highest BCUT2D eigenvalue weighted by atomic mass is 16.9. The first-order valence-electron chi connectivity index (χ1n) is 17.6. The zero-order chi connectivity index (χ0) is 36.3. The van der Waals surface area contributed by atoms with Gasteiger partial charge in [-0.1, -0.05) is 47.6 Å². The number of methoxy groups -OCH3 is 1. The van der Waals surface area contributed by atoms with Crippen LogP contribution in [-0.2, 0) is 38.9 Å². The molecule has 0 spiro atoms. The number of amides is 1. The van der Waals surface area contributed by atoms with Gasteiger partial charge < -0.3 is 43.6 Å². The summed E-state index contributed by atoms with van der Waals surface area (Å²) in [7, 11) is 1.70. The van der Waals surface area contributed by atoms with Crippen molar-refractivity contribution in [1.82, 2.24) is 10.2 Å². The van der Waals surface area contributed by atoms with Crippen LogP contribution < -0.4 is 19.7 Å². The molecule has 2 fully saturated rings. The van der Waals surface area contributed by atoms with Crippen molar-refractivity contribution in [2.75, 3.05) is 64.5 Å². The van der Waals surface area contributed by atoms with Crippen molar-refractivity contribution in [1.29, 1.82) is 0 Å². The van der Waals surface area contributed by atoms with Gasteiger partial charge in [0.25, 0.3) is 5.09 Å². The van der Waals surface area contributed by atoms with Gasteiger partial charge in [0, 0.05) is 32.7 Å². The number of nitrogens with one attached hydrogen (secondary N) is 1. The van der Waals surface area contributed by atoms with E-state index in [1.165, 1.54) is 4.90 Å². The average molecular weight is 720 g/mol. The smallest absolute Gasteiger partial charge is 0.410 e. The number of rotatable bonds is 16. The van der Waals surface area contributed by atoms with Crippen LogP contribution in [0.25, 0.3) is 0 Å². The highest BCUT2D eigenvalue weighted by Gasteiger charge is 2.42. The minimum atomic E-state index is -0.850. The second kappa shape index (κ2) is 18.0. The predicted molar refractivity (Wildman–Crippen MR) is 190 cm³/mol. The molecule has 2 saturated heterocycles. The number of ether oxygens (including phenoxy) is 5. The van der Waals surface area contributed by atoms with E-state index in [1.807, 2.05) is 36.4 Å². The quantitative estimate of drug-likeness (QED) is 0.0930. The Hall–Kier alpha value is -4.99. The van der Waals surface area contributed by atoms with Crippen LogP contribution in [0, 0.1) is 15.0 Å². The Bertz CT molecular complexity index is 1640. The van der Waals surface area contributed by atoms with E-state index in [0.29, 0.717) is 24.3 Å². The predicted octanol–water partition coefficient (Wildman–Crippen LogP) is 4.83. The molecule has 3 aromatic carbocycles. The van der Waals surface area contributed by atoms with Gasteiger partial charge >= 0.3 is 6.09 Å². The summed E-state index contributed by atoms with van der Waals surface area (Å²) in [6.07, 6.45) is 0.749. The monoisotopic (exact) mass is 719 g/mol. The van der Waals surface area contributed by atoms with Gasteiger partial charge in [-0.2, -0.15) is 4.91 Å². The molecule has 0 radical (unpaired) electrons. The van der Waals surface area contributed by atoms with Gasteiger partial charge in [0.2, 0.25) is 0 Å². The molecule has 278 valence electrons. The number of piperidine rings is 1. The van der Waals surface area contributed by atoms with E-state index in [2.05, 4.69) is 26.3 Å². The van der Waals surface area contributed by atoms with Crippen LogP contribution in [0.5, 0.6) is 11.5 Å². The molecule has 3 aliphatic heterocycles. The summed E-state index contributed by atoms with van der Waals surface area (Å²) >= 11 is 0. The van der Waals surface area contributed by atoms with E-state index >= 15 is 0 Å². The number of likely N-dealkylation sites (tertiary alicyclic amines) is 1. The van der Waals surface area contributed by atoms with Crippen LogP contribution in [-0.4, -0.2) is 93.9 Å². The van der Waals surface area contributed by atoms with Crippen LogP contribution in [0.4, 0.5) is 10.5 Å². The fourth-order valence-electron chi connectivity index (χ4n) is 6.86. The summed E-state index contributed by atoms with van der Waals surface area (Å²) < 4.78 is 29.5. The molecule has 1 amide bonds. The molecule has 6 rings (SSSR count). The lowest BCUT2D eigenvalue weighted by Gasteiger charge is -2.40. The summed E-state index contributed by atoms with van der Waals surface area (Å²) in [6.45, 7) is 4.86. The summed E-state index contributed by atoms with van der Waals surface area (Å²) in [5, 5.41) is 16.4. The lowest BCUT2D eigenvalue weighted by Crippen LogP contribution is -2.53. The number of carbonyl (C=O) groups is 1. The highest BCUT2D eigenvalue weighted by Crippen LogP contribution is 2.36. The molecule has 3 heterocycles. The Labute approximate surface area is 302 Å². The number of hydrogen-bond donors (Lipinski definition) is 1. The van der Waals surface area contributed by atoms with Crippen LogP contribution >= 0.6 is 0 Å². The van der Waals surface area contributed by atoms with Gasteiger partial charge in [-0.15, -0.1) is 10.1 Å². The minimum absolute atomic E-state index is 0.0318. The molecule has 3 aliphatic rings. The molecule has 15 heteroatoms. The molecule has 0 saturated carbocycles. The van der Waals surface area contributed by atoms with Crippen molar-refractivity contribution in [3.05, 3.63) is 104 Å². The zero-order valence-electron chi connectivity index (χ0n) is 29.2. The third kappa shape index (κ3) is 9.66. The number of carbonyl (C=O) groups excluding carboxylic acids is 1. The summed E-state index contributed by atoms with van der Waals surface area (Å²) in [5.41, 5.74) is 4.08. The molecule has 4 atom stereocenters. The second-order valence-corrected chi connectivity index (χ2v) is 13.1. The van der Waals surface area contributed by atoms with Gasteiger partial charge in [-0.05, 0) is 65.9 Å². The molecule has 15 nitrogen and oxygen atoms in total. The number of benzene rings is 3. The first kappa shape index (κ1) is 36.8. The average Bonchev–Trinajstić information content (AvgIpc) is 3.69. The van der Waals surface area contributed by atoms with Crippen molar-refractivity contribution in [3.8, 4) is 11.5 Å². The molecule has 4 unspecified atom stereocenters. The molecule has 1 N–H and O–H groups in total. The molecular formula is C37H45N5O10. The molecule has 0 bridgehead atoms. The number of hydrogen-bond acceptors (Lipinski definition) is 13. The second-order valence-electron chi connectivity index (χ2n) is 13.1. The maximum Gasteiger partial charge on any atom is 0.410 e. The molecular weight excluding hydrogens is 674 g/mol. The van der Waals surface area contributed by atoms with Crippen LogP contribution in [0.2, 0.25) is 0 Å². The first-order valence-corrected chi connectivity index (χ1v) is 17.6. The Kier molecular flexibility index (Phi) is 12.7. The van der Waals surface area contributed by atoms with Crippen molar-refractivity contribution in [2.45, 2.75) is 56.8 Å². The van der Waals surface area contributed by atoms with Gasteiger partial charge in [-0.25, -0.2) is 4.79 Å². The molecule has 0 aliphatic carbocycles. The first-order chi connectivity index (χ1) is 25.4. The maximum atomic E-state index is 13.4. The van der Waals surface area contributed by atoms with E-state index in [0.717, 1.165) is 67.3 Å². The Morgan fingerprint density at radius 1 is 1.02 bits per heavy atom. The maximum absolute atomic E-state index is 13.4. The molecule has 0 aromatic heterocycles. The summed E-state index contributed by atoms with van der Waals surface area (Å²) in [5.74, 6) is 1.14. The standard InChI is InChI=1S/C37H45N5O10/c1-47-17-2-15-40-16-18-48-34-12-7-28(19-33(34)40)24-49-35-22-41(37(43)50-23-26-3-5-27(6-4-26)25-51-42(45)46)21-32(39-44)36(35)29-8-10-30(11-9-29)52-31-13-14-38-20-31/h3-12,19,31-32,35-36,38H,2,13-18,20-25H2,1H3. The molecule has 52 heavy (non-hydrogen) atoms. The highest BCUT2D eigenvalue weighted by molar-refractivity contribution is 5.68. The van der Waals surface area contributed by atoms with Crippen LogP contribution in [0.1, 0.15) is 41.0 Å². The van der Waals surface area contributed by atoms with E-state index in [4.69, 9.17) is 23.7 Å². The zero-order valence-corrected chi connectivity index (χ0v) is 29.2. The lowest BCUT2D eigenvalue weighted by atomic mass is 9.83. The Morgan fingerprint density at radius 2 is 1.79 bits per heavy atom. The Morgan fingerprint density at radius 3 is 2.50 bits per heavy atom. The number of anilines is 1. The van der Waals surface area contributed by atoms with E-state index in [9.17, 15) is 19.8 Å². The third-order valence-corrected chi connectivity index (χ3v) is 9.54. The van der Waals surface area contributed by atoms with Gasteiger partial charge in [0.05, 0.1) is 38.0 Å². The van der Waals surface area contributed by atoms with Gasteiger partial charge in [0.1, 0.15) is 43.5 Å². The van der Waals surface area contributed by atoms with E-state index < -0.39 is 29.2 Å². The van der Waals surface area contributed by atoms with E-state index in [1.54, 1.807) is 31.4 Å². The fraction of sp³-hybridized carbons (Fsp3) is 0.486. The van der Waals surface area contributed by atoms with E-state index in [-0.39, 0.29) is 39.0 Å². The minimum Gasteiger partial charge on any atom is -0.490 e. The third-order valence-electron chi connectivity index (χ3n) is 9.54. The molecule has 3 aromatic rings. The SMILES string of the molecule is COCCCN1CCOc2ccc(COC3CN(C(=O)OCc4ccc(CO[N+](=O)[O-])cc4)CC(N=O)C3c3ccc(OC4CCNC4)cc3)cc21. The fourth-order valence-corrected chi connectivity index (χ4v) is 6.86. The van der Waals surface area contributed by atoms with Crippen molar-refractivity contribution < 1.29 is 38.4 Å². The number of nitrogens with zero attached hydrogens (tertiary/aromatic N) is 4.